The second-order valence-corrected chi connectivity index (χ2v) is 8.31. The highest BCUT2D eigenvalue weighted by molar-refractivity contribution is 5.95. The average Bonchev–Trinajstić information content (AvgIpc) is 2.90. The first-order chi connectivity index (χ1) is 18.3. The van der Waals surface area contributed by atoms with Gasteiger partial charge in [-0.2, -0.15) is 13.2 Å². The van der Waals surface area contributed by atoms with Gasteiger partial charge in [-0.25, -0.2) is 9.59 Å². The molecule has 2 aromatic carbocycles. The fourth-order valence-corrected chi connectivity index (χ4v) is 2.93. The number of halogens is 3. The van der Waals surface area contributed by atoms with E-state index in [1.54, 1.807) is 24.3 Å². The van der Waals surface area contributed by atoms with Crippen molar-refractivity contribution >= 4 is 23.8 Å². The Hall–Kier alpha value is -4.29. The molecule has 0 heterocycles. The molecule has 0 saturated heterocycles. The van der Waals surface area contributed by atoms with Crippen LogP contribution in [-0.4, -0.2) is 54.3 Å². The number of hydrogen-bond acceptors (Lipinski definition) is 6. The molecule has 0 aliphatic rings. The predicted molar refractivity (Wildman–Crippen MR) is 137 cm³/mol. The van der Waals surface area contributed by atoms with Gasteiger partial charge in [-0.15, -0.1) is 0 Å². The van der Waals surface area contributed by atoms with Crippen LogP contribution in [0.1, 0.15) is 37.8 Å². The zero-order valence-electron chi connectivity index (χ0n) is 21.6. The monoisotopic (exact) mass is 554 g/mol. The summed E-state index contributed by atoms with van der Waals surface area (Å²) in [7, 11) is 0. The highest BCUT2D eigenvalue weighted by Crippen LogP contribution is 2.14. The first kappa shape index (κ1) is 32.7. The molecule has 2 atom stereocenters. The van der Waals surface area contributed by atoms with Gasteiger partial charge in [0.1, 0.15) is 24.2 Å². The number of hydrogen-bond donors (Lipinski definition) is 5. The molecule has 0 aliphatic heterocycles. The van der Waals surface area contributed by atoms with Crippen LogP contribution in [0.2, 0.25) is 0 Å². The van der Waals surface area contributed by atoms with Crippen molar-refractivity contribution in [2.24, 2.45) is 11.7 Å². The Morgan fingerprint density at radius 2 is 1.74 bits per heavy atom. The number of rotatable bonds is 12. The highest BCUT2D eigenvalue weighted by Gasteiger charge is 2.38. The number of alkyl halides is 3. The van der Waals surface area contributed by atoms with E-state index in [0.29, 0.717) is 30.9 Å². The minimum atomic E-state index is -5.08. The molecule has 2 rings (SSSR count). The lowest BCUT2D eigenvalue weighted by atomic mass is 9.98. The number of carbonyl (C=O) groups is 3. The van der Waals surface area contributed by atoms with Crippen molar-refractivity contribution in [2.45, 2.75) is 45.5 Å². The molecule has 0 aromatic heterocycles. The summed E-state index contributed by atoms with van der Waals surface area (Å²) >= 11 is 0. The second kappa shape index (κ2) is 16.5. The summed E-state index contributed by atoms with van der Waals surface area (Å²) in [5.74, 6) is -2.47. The number of alkyl carbamates (subject to hydrolysis) is 1. The van der Waals surface area contributed by atoms with Gasteiger partial charge in [-0.3, -0.25) is 10.2 Å². The maximum absolute atomic E-state index is 12.6. The topological polar surface area (TPSA) is 164 Å². The van der Waals surface area contributed by atoms with Crippen LogP contribution in [0, 0.1) is 11.3 Å². The van der Waals surface area contributed by atoms with Crippen molar-refractivity contribution in [3.63, 3.8) is 0 Å². The van der Waals surface area contributed by atoms with E-state index in [1.807, 2.05) is 44.2 Å². The molecule has 39 heavy (non-hydrogen) atoms. The molecule has 0 radical (unpaired) electrons. The Kier molecular flexibility index (Phi) is 13.9. The van der Waals surface area contributed by atoms with Gasteiger partial charge in [0.25, 0.3) is 0 Å². The van der Waals surface area contributed by atoms with Crippen molar-refractivity contribution in [3.8, 4) is 5.75 Å². The Balaban J connectivity index is 0.000000956. The third-order valence-electron chi connectivity index (χ3n) is 5.26. The first-order valence-corrected chi connectivity index (χ1v) is 12.0. The third-order valence-corrected chi connectivity index (χ3v) is 5.26. The molecule has 0 spiro atoms. The maximum Gasteiger partial charge on any atom is 0.490 e. The predicted octanol–water partition coefficient (Wildman–Crippen LogP) is 3.83. The number of carboxylic acids is 1. The molecule has 10 nitrogen and oxygen atoms in total. The molecule has 13 heteroatoms. The van der Waals surface area contributed by atoms with Gasteiger partial charge in [0.2, 0.25) is 5.91 Å². The number of benzene rings is 2. The van der Waals surface area contributed by atoms with Crippen LogP contribution >= 0.6 is 0 Å². The van der Waals surface area contributed by atoms with Gasteiger partial charge in [0, 0.05) is 12.1 Å². The maximum atomic E-state index is 12.6. The van der Waals surface area contributed by atoms with Gasteiger partial charge in [0.15, 0.2) is 0 Å². The summed E-state index contributed by atoms with van der Waals surface area (Å²) in [6, 6.07) is 15.7. The molecule has 2 aromatic rings. The number of carbonyl (C=O) groups excluding carboxylic acids is 2. The molecule has 214 valence electrons. The molecule has 0 bridgehead atoms. The molecule has 2 amide bonds. The number of amidine groups is 1. The summed E-state index contributed by atoms with van der Waals surface area (Å²) in [6.07, 6.45) is -4.39. The summed E-state index contributed by atoms with van der Waals surface area (Å²) in [4.78, 5) is 33.7. The number of nitrogens with two attached hydrogens (primary N) is 1. The number of ether oxygens (including phenoxy) is 2. The van der Waals surface area contributed by atoms with E-state index in [2.05, 4.69) is 10.6 Å². The number of nitrogens with one attached hydrogen (secondary N) is 3. The first-order valence-electron chi connectivity index (χ1n) is 12.0. The Labute approximate surface area is 224 Å². The number of nitrogen functional groups attached to an aromatic ring is 1. The zero-order chi connectivity index (χ0) is 29.4. The molecule has 6 N–H and O–H groups in total. The Morgan fingerprint density at radius 3 is 2.31 bits per heavy atom. The van der Waals surface area contributed by atoms with Gasteiger partial charge < -0.3 is 30.9 Å². The minimum Gasteiger partial charge on any atom is -0.494 e. The van der Waals surface area contributed by atoms with Crippen LogP contribution in [0.15, 0.2) is 54.6 Å². The SMILES string of the molecule is CC[C@H](C)[C@H](NC(=O)OCc1ccccc1)C(=O)NCCCOc1cccc(C(=N)N)c1.O=C(O)C(F)(F)F. The van der Waals surface area contributed by atoms with E-state index >= 15 is 0 Å². The van der Waals surface area contributed by atoms with Gasteiger partial charge in [-0.05, 0) is 30.0 Å². The van der Waals surface area contributed by atoms with Gasteiger partial charge in [-0.1, -0.05) is 62.7 Å². The van der Waals surface area contributed by atoms with Crippen LogP contribution in [0.4, 0.5) is 18.0 Å². The summed E-state index contributed by atoms with van der Waals surface area (Å²) in [6.45, 7) is 4.81. The van der Waals surface area contributed by atoms with Crippen LogP contribution in [-0.2, 0) is 20.9 Å². The zero-order valence-corrected chi connectivity index (χ0v) is 21.6. The van der Waals surface area contributed by atoms with Crippen LogP contribution in [0.5, 0.6) is 5.75 Å². The fourth-order valence-electron chi connectivity index (χ4n) is 2.93. The van der Waals surface area contributed by atoms with E-state index in [4.69, 9.17) is 30.5 Å². The van der Waals surface area contributed by atoms with E-state index < -0.39 is 24.3 Å². The average molecular weight is 555 g/mol. The quantitative estimate of drug-likeness (QED) is 0.151. The van der Waals surface area contributed by atoms with Crippen molar-refractivity contribution in [2.75, 3.05) is 13.2 Å². The molecular weight excluding hydrogens is 521 g/mol. The molecule has 0 aliphatic carbocycles. The van der Waals surface area contributed by atoms with E-state index in [0.717, 1.165) is 12.0 Å². The van der Waals surface area contributed by atoms with Gasteiger partial charge in [0.05, 0.1) is 6.61 Å². The lowest BCUT2D eigenvalue weighted by molar-refractivity contribution is -0.192. The van der Waals surface area contributed by atoms with E-state index in [-0.39, 0.29) is 24.3 Å². The van der Waals surface area contributed by atoms with Crippen molar-refractivity contribution in [3.05, 3.63) is 65.7 Å². The summed E-state index contributed by atoms with van der Waals surface area (Å²) < 4.78 is 42.6. The number of amides is 2. The van der Waals surface area contributed by atoms with Crippen molar-refractivity contribution < 1.29 is 42.1 Å². The van der Waals surface area contributed by atoms with E-state index in [9.17, 15) is 22.8 Å². The second-order valence-electron chi connectivity index (χ2n) is 8.31. The van der Waals surface area contributed by atoms with E-state index in [1.165, 1.54) is 0 Å². The number of aliphatic carboxylic acids is 1. The molecular formula is C26H33F3N4O6. The largest absolute Gasteiger partial charge is 0.494 e. The highest BCUT2D eigenvalue weighted by atomic mass is 19.4. The smallest absolute Gasteiger partial charge is 0.490 e. The minimum absolute atomic E-state index is 0.0198. The molecule has 0 fully saturated rings. The van der Waals surface area contributed by atoms with Crippen LogP contribution in [0.25, 0.3) is 0 Å². The standard InChI is InChI=1S/C24H32N4O4.C2HF3O2/c1-3-17(2)21(28-24(30)32-16-18-9-5-4-6-10-18)23(29)27-13-8-14-31-20-12-7-11-19(15-20)22(25)26;3-2(4,5)1(6)7/h4-7,9-12,15,17,21H,3,8,13-14,16H2,1-2H3,(H3,25,26)(H,27,29)(H,28,30);(H,6,7)/t17-,21-;/m0./s1. The summed E-state index contributed by atoms with van der Waals surface area (Å²) in [5.41, 5.74) is 6.95. The lowest BCUT2D eigenvalue weighted by Crippen LogP contribution is -2.50. The van der Waals surface area contributed by atoms with Crippen LogP contribution < -0.4 is 21.1 Å². The lowest BCUT2D eigenvalue weighted by Gasteiger charge is -2.23. The number of carboxylic acid groups (broad SMARTS) is 1. The third kappa shape index (κ3) is 13.2. The summed E-state index contributed by atoms with van der Waals surface area (Å²) in [5, 5.41) is 20.1. The van der Waals surface area contributed by atoms with Crippen molar-refractivity contribution in [1.29, 1.82) is 5.41 Å². The Bertz CT molecular complexity index is 1080. The normalized spacial score (nSPS) is 12.1. The Morgan fingerprint density at radius 1 is 1.10 bits per heavy atom. The van der Waals surface area contributed by atoms with Crippen LogP contribution in [0.3, 0.4) is 0 Å². The molecule has 0 unspecified atom stereocenters. The fraction of sp³-hybridized carbons (Fsp3) is 0.385. The van der Waals surface area contributed by atoms with Gasteiger partial charge >= 0.3 is 18.2 Å². The molecule has 0 saturated carbocycles. The van der Waals surface area contributed by atoms with Crippen molar-refractivity contribution in [1.82, 2.24) is 10.6 Å².